The van der Waals surface area contributed by atoms with Gasteiger partial charge in [0.05, 0.1) is 0 Å². The van der Waals surface area contributed by atoms with Gasteiger partial charge in [-0.15, -0.1) is 0 Å². The molecule has 0 unspecified atom stereocenters. The minimum absolute atomic E-state index is 0.0911. The van der Waals surface area contributed by atoms with Gasteiger partial charge in [0.15, 0.2) is 0 Å². The highest BCUT2D eigenvalue weighted by Crippen LogP contribution is 2.51. The van der Waals surface area contributed by atoms with E-state index in [0.29, 0.717) is 5.92 Å². The lowest BCUT2D eigenvalue weighted by molar-refractivity contribution is 0.626. The molecule has 0 bridgehead atoms. The van der Waals surface area contributed by atoms with Crippen LogP contribution in [-0.4, -0.2) is 5.54 Å². The van der Waals surface area contributed by atoms with Crippen molar-refractivity contribution in [2.75, 3.05) is 0 Å². The first-order chi connectivity index (χ1) is 6.15. The molecular weight excluding hydrogens is 226 g/mol. The molecule has 70 valence electrons. The molecule has 0 spiro atoms. The molecule has 0 heterocycles. The molecule has 0 aromatic heterocycles. The zero-order valence-electron chi connectivity index (χ0n) is 7.76. The van der Waals surface area contributed by atoms with Gasteiger partial charge in [0, 0.05) is 15.9 Å². The van der Waals surface area contributed by atoms with Gasteiger partial charge in [-0.25, -0.2) is 0 Å². The summed E-state index contributed by atoms with van der Waals surface area (Å²) in [6.45, 7) is 2.17. The molecular formula is C11H14BrN. The third-order valence-electron chi connectivity index (χ3n) is 3.05. The minimum Gasteiger partial charge on any atom is -0.325 e. The molecule has 1 aliphatic carbocycles. The predicted octanol–water partition coefficient (Wildman–Crippen LogP) is 3.04. The maximum atomic E-state index is 6.15. The molecule has 0 saturated heterocycles. The van der Waals surface area contributed by atoms with Crippen molar-refractivity contribution in [1.82, 2.24) is 0 Å². The normalized spacial score (nSPS) is 31.8. The van der Waals surface area contributed by atoms with Crippen LogP contribution < -0.4 is 5.73 Å². The van der Waals surface area contributed by atoms with Crippen molar-refractivity contribution in [3.05, 3.63) is 34.3 Å². The fourth-order valence-electron chi connectivity index (χ4n) is 1.86. The molecule has 0 radical (unpaired) electrons. The van der Waals surface area contributed by atoms with Gasteiger partial charge in [-0.2, -0.15) is 0 Å². The third kappa shape index (κ3) is 1.65. The van der Waals surface area contributed by atoms with Crippen LogP contribution >= 0.6 is 15.9 Å². The molecule has 2 heteroatoms. The summed E-state index contributed by atoms with van der Waals surface area (Å²) in [6, 6.07) is 8.51. The zero-order valence-corrected chi connectivity index (χ0v) is 9.34. The van der Waals surface area contributed by atoms with Gasteiger partial charge in [0.2, 0.25) is 0 Å². The lowest BCUT2D eigenvalue weighted by atomic mass is 10.1. The fraction of sp³-hybridized carbons (Fsp3) is 0.455. The summed E-state index contributed by atoms with van der Waals surface area (Å²) in [5.41, 5.74) is 7.62. The van der Waals surface area contributed by atoms with Crippen molar-refractivity contribution < 1.29 is 0 Å². The molecule has 1 aliphatic rings. The second-order valence-electron chi connectivity index (χ2n) is 3.89. The quantitative estimate of drug-likeness (QED) is 0.844. The monoisotopic (exact) mass is 239 g/mol. The predicted molar refractivity (Wildman–Crippen MR) is 58.7 cm³/mol. The van der Waals surface area contributed by atoms with Crippen molar-refractivity contribution in [1.29, 1.82) is 0 Å². The lowest BCUT2D eigenvalue weighted by Gasteiger charge is -2.07. The Morgan fingerprint density at radius 1 is 1.46 bits per heavy atom. The van der Waals surface area contributed by atoms with Crippen LogP contribution in [0.5, 0.6) is 0 Å². The lowest BCUT2D eigenvalue weighted by Crippen LogP contribution is -2.22. The summed E-state index contributed by atoms with van der Waals surface area (Å²) in [5.74, 6) is 0.589. The molecule has 0 aliphatic heterocycles. The summed E-state index contributed by atoms with van der Waals surface area (Å²) in [5, 5.41) is 0. The van der Waals surface area contributed by atoms with Crippen LogP contribution in [-0.2, 0) is 0 Å². The van der Waals surface area contributed by atoms with Crippen molar-refractivity contribution >= 4 is 15.9 Å². The smallest absolute Gasteiger partial charge is 0.0228 e. The van der Waals surface area contributed by atoms with E-state index in [1.165, 1.54) is 5.56 Å². The molecule has 1 aromatic carbocycles. The number of halogens is 1. The Hall–Kier alpha value is -0.340. The van der Waals surface area contributed by atoms with Gasteiger partial charge in [0.25, 0.3) is 0 Å². The third-order valence-corrected chi connectivity index (χ3v) is 3.58. The van der Waals surface area contributed by atoms with E-state index in [1.54, 1.807) is 0 Å². The standard InChI is InChI=1S/C11H14BrN/c1-2-11(13)7-10(11)8-3-5-9(12)6-4-8/h3-6,10H,2,7,13H2,1H3/t10-,11+/m1/s1. The van der Waals surface area contributed by atoms with Gasteiger partial charge in [-0.05, 0) is 30.5 Å². The van der Waals surface area contributed by atoms with E-state index in [4.69, 9.17) is 5.73 Å². The Bertz CT molecular complexity index is 306. The van der Waals surface area contributed by atoms with Gasteiger partial charge in [-0.1, -0.05) is 35.0 Å². The highest BCUT2D eigenvalue weighted by molar-refractivity contribution is 9.10. The Kier molecular flexibility index (Phi) is 2.20. The van der Waals surface area contributed by atoms with Crippen molar-refractivity contribution in [2.45, 2.75) is 31.2 Å². The molecule has 1 fully saturated rings. The molecule has 1 aromatic rings. The largest absolute Gasteiger partial charge is 0.325 e. The van der Waals surface area contributed by atoms with Gasteiger partial charge in [-0.3, -0.25) is 0 Å². The van der Waals surface area contributed by atoms with E-state index in [0.717, 1.165) is 17.3 Å². The van der Waals surface area contributed by atoms with Crippen LogP contribution in [0.4, 0.5) is 0 Å². The molecule has 1 nitrogen and oxygen atoms in total. The molecule has 2 rings (SSSR count). The van der Waals surface area contributed by atoms with E-state index in [2.05, 4.69) is 47.1 Å². The van der Waals surface area contributed by atoms with Crippen molar-refractivity contribution in [3.8, 4) is 0 Å². The molecule has 13 heavy (non-hydrogen) atoms. The van der Waals surface area contributed by atoms with E-state index in [-0.39, 0.29) is 5.54 Å². The van der Waals surface area contributed by atoms with E-state index in [1.807, 2.05) is 0 Å². The van der Waals surface area contributed by atoms with Crippen LogP contribution in [0.25, 0.3) is 0 Å². The zero-order chi connectivity index (χ0) is 9.47. The Labute approximate surface area is 87.5 Å². The Morgan fingerprint density at radius 3 is 2.54 bits per heavy atom. The van der Waals surface area contributed by atoms with Crippen molar-refractivity contribution in [2.24, 2.45) is 5.73 Å². The average Bonchev–Trinajstić information content (AvgIpc) is 2.81. The average molecular weight is 240 g/mol. The Morgan fingerprint density at radius 2 is 2.08 bits per heavy atom. The number of hydrogen-bond donors (Lipinski definition) is 1. The highest BCUT2D eigenvalue weighted by atomic mass is 79.9. The van der Waals surface area contributed by atoms with Gasteiger partial charge in [0.1, 0.15) is 0 Å². The minimum atomic E-state index is 0.0911. The molecule has 2 N–H and O–H groups in total. The van der Waals surface area contributed by atoms with Gasteiger partial charge < -0.3 is 5.73 Å². The molecule has 1 saturated carbocycles. The maximum Gasteiger partial charge on any atom is 0.0228 e. The Balaban J connectivity index is 2.16. The summed E-state index contributed by atoms with van der Waals surface area (Å²) in [7, 11) is 0. The van der Waals surface area contributed by atoms with E-state index >= 15 is 0 Å². The SMILES string of the molecule is CC[C@]1(N)C[C@@H]1c1ccc(Br)cc1. The summed E-state index contributed by atoms with van der Waals surface area (Å²) < 4.78 is 1.14. The topological polar surface area (TPSA) is 26.0 Å². The first-order valence-corrected chi connectivity index (χ1v) is 5.49. The number of rotatable bonds is 2. The number of hydrogen-bond acceptors (Lipinski definition) is 1. The van der Waals surface area contributed by atoms with E-state index < -0.39 is 0 Å². The van der Waals surface area contributed by atoms with Gasteiger partial charge >= 0.3 is 0 Å². The summed E-state index contributed by atoms with van der Waals surface area (Å²) in [6.07, 6.45) is 2.22. The summed E-state index contributed by atoms with van der Waals surface area (Å²) >= 11 is 3.43. The molecule has 2 atom stereocenters. The molecule has 0 amide bonds. The first kappa shape index (κ1) is 9.22. The van der Waals surface area contributed by atoms with Crippen LogP contribution in [0.15, 0.2) is 28.7 Å². The van der Waals surface area contributed by atoms with Crippen LogP contribution in [0.3, 0.4) is 0 Å². The first-order valence-electron chi connectivity index (χ1n) is 4.70. The second kappa shape index (κ2) is 3.10. The van der Waals surface area contributed by atoms with Crippen LogP contribution in [0, 0.1) is 0 Å². The number of benzene rings is 1. The fourth-order valence-corrected chi connectivity index (χ4v) is 2.12. The van der Waals surface area contributed by atoms with Crippen LogP contribution in [0.1, 0.15) is 31.2 Å². The maximum absolute atomic E-state index is 6.15. The van der Waals surface area contributed by atoms with E-state index in [9.17, 15) is 0 Å². The summed E-state index contributed by atoms with van der Waals surface area (Å²) in [4.78, 5) is 0. The second-order valence-corrected chi connectivity index (χ2v) is 4.81. The number of nitrogens with two attached hydrogens (primary N) is 1. The van der Waals surface area contributed by atoms with Crippen LogP contribution in [0.2, 0.25) is 0 Å². The highest BCUT2D eigenvalue weighted by Gasteiger charge is 2.49. The van der Waals surface area contributed by atoms with Crippen molar-refractivity contribution in [3.63, 3.8) is 0 Å².